The third-order valence-electron chi connectivity index (χ3n) is 4.81. The lowest BCUT2D eigenvalue weighted by Crippen LogP contribution is -2.39. The van der Waals surface area contributed by atoms with E-state index < -0.39 is 35.5 Å². The first-order valence-corrected chi connectivity index (χ1v) is 7.18. The number of fused-ring (bicyclic) bond motifs is 1. The van der Waals surface area contributed by atoms with Gasteiger partial charge in [-0.3, -0.25) is 9.59 Å². The number of aliphatic carboxylic acids is 1. The number of ether oxygens (including phenoxy) is 1. The van der Waals surface area contributed by atoms with E-state index in [-0.39, 0.29) is 18.0 Å². The van der Waals surface area contributed by atoms with Crippen molar-refractivity contribution < 1.29 is 29.3 Å². The second kappa shape index (κ2) is 4.42. The van der Waals surface area contributed by atoms with Gasteiger partial charge in [0.1, 0.15) is 11.5 Å². The van der Waals surface area contributed by atoms with E-state index in [1.54, 1.807) is 24.3 Å². The number of anilines is 1. The lowest BCUT2D eigenvalue weighted by molar-refractivity contribution is -0.146. The van der Waals surface area contributed by atoms with Gasteiger partial charge in [-0.25, -0.2) is 4.79 Å². The van der Waals surface area contributed by atoms with E-state index in [0.29, 0.717) is 5.69 Å². The molecule has 1 aromatic rings. The Balaban J connectivity index is 1.69. The Labute approximate surface area is 130 Å². The largest absolute Gasteiger partial charge is 0.481 e. The van der Waals surface area contributed by atoms with Crippen LogP contribution in [0.5, 0.6) is 0 Å². The van der Waals surface area contributed by atoms with Crippen molar-refractivity contribution in [1.82, 2.24) is 0 Å². The first-order valence-electron chi connectivity index (χ1n) is 7.18. The summed E-state index contributed by atoms with van der Waals surface area (Å²) in [5, 5.41) is 18.3. The predicted octanol–water partition coefficient (Wildman–Crippen LogP) is 0.756. The predicted molar refractivity (Wildman–Crippen MR) is 77.1 cm³/mol. The lowest BCUT2D eigenvalue weighted by atomic mass is 9.77. The summed E-state index contributed by atoms with van der Waals surface area (Å²) in [7, 11) is 0. The van der Waals surface area contributed by atoms with Crippen LogP contribution in [0, 0.1) is 11.8 Å². The van der Waals surface area contributed by atoms with Crippen LogP contribution in [0.4, 0.5) is 5.69 Å². The minimum Gasteiger partial charge on any atom is -0.481 e. The molecule has 2 N–H and O–H groups in total. The van der Waals surface area contributed by atoms with Crippen LogP contribution in [-0.4, -0.2) is 46.3 Å². The molecule has 3 aliphatic rings. The Morgan fingerprint density at radius 1 is 1.22 bits per heavy atom. The zero-order chi connectivity index (χ0) is 16.4. The zero-order valence-corrected chi connectivity index (χ0v) is 11.9. The molecule has 0 radical (unpaired) electrons. The molecule has 23 heavy (non-hydrogen) atoms. The van der Waals surface area contributed by atoms with E-state index >= 15 is 0 Å². The van der Waals surface area contributed by atoms with Gasteiger partial charge in [0.15, 0.2) is 0 Å². The molecule has 0 saturated carbocycles. The van der Waals surface area contributed by atoms with Gasteiger partial charge in [-0.05, 0) is 24.3 Å². The minimum absolute atomic E-state index is 0.124. The standard InChI is InChI=1S/C16H13NO6/c18-13-12-11(15(21)22)10-5-6-16(12,23-10)7-17(13)9-3-1-8(2-4-9)14(19)20/h1-6,10-12H,7H2,(H,19,20)(H,21,22). The number of hydrogen-bond donors (Lipinski definition) is 2. The fourth-order valence-electron chi connectivity index (χ4n) is 3.78. The number of aromatic carboxylic acids is 1. The highest BCUT2D eigenvalue weighted by Gasteiger charge is 2.67. The van der Waals surface area contributed by atoms with Gasteiger partial charge in [0.05, 0.1) is 24.1 Å². The molecule has 0 aromatic heterocycles. The number of nitrogens with zero attached hydrogens (tertiary/aromatic N) is 1. The molecule has 4 rings (SSSR count). The molecule has 3 heterocycles. The van der Waals surface area contributed by atoms with Gasteiger partial charge in [-0.1, -0.05) is 12.2 Å². The summed E-state index contributed by atoms with van der Waals surface area (Å²) in [5.74, 6) is -4.00. The number of benzene rings is 1. The van der Waals surface area contributed by atoms with Gasteiger partial charge in [-0.2, -0.15) is 0 Å². The van der Waals surface area contributed by atoms with Gasteiger partial charge in [-0.15, -0.1) is 0 Å². The van der Waals surface area contributed by atoms with Crippen molar-refractivity contribution in [2.45, 2.75) is 11.7 Å². The SMILES string of the molecule is O=C(O)c1ccc(N2CC34C=CC(O3)C(C(=O)O)C4C2=O)cc1. The molecule has 1 spiro atoms. The molecule has 7 nitrogen and oxygen atoms in total. The second-order valence-corrected chi connectivity index (χ2v) is 6.01. The third-order valence-corrected chi connectivity index (χ3v) is 4.81. The average molecular weight is 315 g/mol. The van der Waals surface area contributed by atoms with Crippen molar-refractivity contribution in [3.05, 3.63) is 42.0 Å². The maximum absolute atomic E-state index is 12.7. The van der Waals surface area contributed by atoms with Crippen molar-refractivity contribution in [2.24, 2.45) is 11.8 Å². The van der Waals surface area contributed by atoms with E-state index in [9.17, 15) is 19.5 Å². The van der Waals surface area contributed by atoms with Crippen molar-refractivity contribution in [3.8, 4) is 0 Å². The van der Waals surface area contributed by atoms with Gasteiger partial charge in [0.2, 0.25) is 5.91 Å². The van der Waals surface area contributed by atoms with E-state index in [0.717, 1.165) is 0 Å². The molecular weight excluding hydrogens is 302 g/mol. The summed E-state index contributed by atoms with van der Waals surface area (Å²) < 4.78 is 5.79. The number of rotatable bonds is 3. The summed E-state index contributed by atoms with van der Waals surface area (Å²) in [4.78, 5) is 36.6. The second-order valence-electron chi connectivity index (χ2n) is 6.01. The Morgan fingerprint density at radius 2 is 1.91 bits per heavy atom. The summed E-state index contributed by atoms with van der Waals surface area (Å²) in [6, 6.07) is 5.93. The number of carboxylic acid groups (broad SMARTS) is 2. The van der Waals surface area contributed by atoms with Crippen molar-refractivity contribution in [3.63, 3.8) is 0 Å². The van der Waals surface area contributed by atoms with Crippen LogP contribution in [0.25, 0.3) is 0 Å². The summed E-state index contributed by atoms with van der Waals surface area (Å²) in [6.07, 6.45) is 2.93. The molecule has 118 valence electrons. The molecular formula is C16H13NO6. The fraction of sp³-hybridized carbons (Fsp3) is 0.312. The van der Waals surface area contributed by atoms with E-state index in [1.165, 1.54) is 17.0 Å². The normalized spacial score (nSPS) is 34.0. The molecule has 0 aliphatic carbocycles. The van der Waals surface area contributed by atoms with Gasteiger partial charge in [0.25, 0.3) is 0 Å². The van der Waals surface area contributed by atoms with Crippen LogP contribution < -0.4 is 4.90 Å². The lowest BCUT2D eigenvalue weighted by Gasteiger charge is -2.21. The van der Waals surface area contributed by atoms with Crippen LogP contribution in [0.3, 0.4) is 0 Å². The van der Waals surface area contributed by atoms with E-state index in [1.807, 2.05) is 0 Å². The summed E-state index contributed by atoms with van der Waals surface area (Å²) in [5.41, 5.74) is -0.233. The molecule has 4 unspecified atom stereocenters. The highest BCUT2D eigenvalue weighted by Crippen LogP contribution is 2.52. The number of carbonyl (C=O) groups excluding carboxylic acids is 1. The number of amides is 1. The Kier molecular flexibility index (Phi) is 2.68. The number of carbonyl (C=O) groups is 3. The highest BCUT2D eigenvalue weighted by atomic mass is 16.5. The van der Waals surface area contributed by atoms with E-state index in [2.05, 4.69) is 0 Å². The molecule has 2 saturated heterocycles. The first kappa shape index (κ1) is 14.0. The third kappa shape index (κ3) is 1.77. The molecule has 1 aromatic carbocycles. The fourth-order valence-corrected chi connectivity index (χ4v) is 3.78. The number of carboxylic acids is 2. The maximum Gasteiger partial charge on any atom is 0.335 e. The van der Waals surface area contributed by atoms with Crippen LogP contribution in [-0.2, 0) is 14.3 Å². The Bertz CT molecular complexity index is 754. The van der Waals surface area contributed by atoms with Crippen LogP contribution in [0.15, 0.2) is 36.4 Å². The molecule has 3 aliphatic heterocycles. The topological polar surface area (TPSA) is 104 Å². The Hall–Kier alpha value is -2.67. The maximum atomic E-state index is 12.7. The van der Waals surface area contributed by atoms with Crippen LogP contribution >= 0.6 is 0 Å². The van der Waals surface area contributed by atoms with Gasteiger partial charge >= 0.3 is 11.9 Å². The molecule has 4 atom stereocenters. The smallest absolute Gasteiger partial charge is 0.335 e. The molecule has 2 fully saturated rings. The molecule has 2 bridgehead atoms. The quantitative estimate of drug-likeness (QED) is 0.798. The van der Waals surface area contributed by atoms with Crippen molar-refractivity contribution >= 4 is 23.5 Å². The van der Waals surface area contributed by atoms with Gasteiger partial charge < -0.3 is 19.8 Å². The monoisotopic (exact) mass is 315 g/mol. The van der Waals surface area contributed by atoms with Gasteiger partial charge in [0, 0.05) is 5.69 Å². The van der Waals surface area contributed by atoms with E-state index in [4.69, 9.17) is 9.84 Å². The number of hydrogen-bond acceptors (Lipinski definition) is 4. The first-order chi connectivity index (χ1) is 10.9. The van der Waals surface area contributed by atoms with Crippen LogP contribution in [0.2, 0.25) is 0 Å². The average Bonchev–Trinajstić information content (AvgIpc) is 3.15. The summed E-state index contributed by atoms with van der Waals surface area (Å²) >= 11 is 0. The zero-order valence-electron chi connectivity index (χ0n) is 11.9. The van der Waals surface area contributed by atoms with Crippen molar-refractivity contribution in [2.75, 3.05) is 11.4 Å². The van der Waals surface area contributed by atoms with Crippen LogP contribution in [0.1, 0.15) is 10.4 Å². The summed E-state index contributed by atoms with van der Waals surface area (Å²) in [6.45, 7) is 0.236. The van der Waals surface area contributed by atoms with Crippen molar-refractivity contribution in [1.29, 1.82) is 0 Å². The molecule has 1 amide bonds. The Morgan fingerprint density at radius 3 is 2.52 bits per heavy atom. The highest BCUT2D eigenvalue weighted by molar-refractivity contribution is 6.02. The molecule has 7 heteroatoms. The minimum atomic E-state index is -1.05.